The first-order valence-electron chi connectivity index (χ1n) is 9.11. The normalized spacial score (nSPS) is 26.8. The van der Waals surface area contributed by atoms with Crippen molar-refractivity contribution in [2.75, 3.05) is 6.54 Å². The first-order valence-corrected chi connectivity index (χ1v) is 9.11. The number of hydrogen-bond acceptors (Lipinski definition) is 2. The van der Waals surface area contributed by atoms with Crippen LogP contribution in [-0.2, 0) is 0 Å². The maximum atomic E-state index is 8.89. The van der Waals surface area contributed by atoms with Crippen LogP contribution in [0.2, 0.25) is 0 Å². The van der Waals surface area contributed by atoms with Crippen LogP contribution in [0.1, 0.15) is 49.7 Å². The maximum Gasteiger partial charge on any atom is 0.0991 e. The van der Waals surface area contributed by atoms with Gasteiger partial charge < -0.3 is 0 Å². The second kappa shape index (κ2) is 6.42. The molecule has 2 aromatic rings. The fraction of sp³-hybridized carbons (Fsp3) is 0.409. The maximum absolute atomic E-state index is 8.89. The van der Waals surface area contributed by atoms with Gasteiger partial charge in [-0.15, -0.1) is 0 Å². The predicted molar refractivity (Wildman–Crippen MR) is 97.8 cm³/mol. The Hall–Kier alpha value is -2.11. The molecule has 122 valence electrons. The van der Waals surface area contributed by atoms with Crippen LogP contribution in [0, 0.1) is 11.3 Å². The average molecular weight is 316 g/mol. The lowest BCUT2D eigenvalue weighted by Gasteiger charge is -2.43. The van der Waals surface area contributed by atoms with E-state index in [1.54, 1.807) is 0 Å². The lowest BCUT2D eigenvalue weighted by Crippen LogP contribution is -2.45. The summed E-state index contributed by atoms with van der Waals surface area (Å²) in [5.41, 5.74) is 4.60. The number of nitriles is 1. The number of hydrogen-bond donors (Lipinski definition) is 0. The monoisotopic (exact) mass is 316 g/mol. The third-order valence-corrected chi connectivity index (χ3v) is 5.92. The van der Waals surface area contributed by atoms with Gasteiger partial charge in [0, 0.05) is 12.1 Å². The molecule has 1 saturated heterocycles. The van der Waals surface area contributed by atoms with Gasteiger partial charge in [0.05, 0.1) is 11.6 Å². The second-order valence-electron chi connectivity index (χ2n) is 7.36. The average Bonchev–Trinajstić information content (AvgIpc) is 3.00. The molecule has 0 spiro atoms. The number of nitrogens with zero attached hydrogens (tertiary/aromatic N) is 2. The van der Waals surface area contributed by atoms with Crippen LogP contribution in [0.15, 0.2) is 48.5 Å². The van der Waals surface area contributed by atoms with Crippen LogP contribution in [0.5, 0.6) is 0 Å². The molecule has 0 amide bonds. The van der Waals surface area contributed by atoms with Crippen molar-refractivity contribution in [1.29, 1.82) is 5.26 Å². The van der Waals surface area contributed by atoms with Gasteiger partial charge in [0.2, 0.25) is 0 Å². The van der Waals surface area contributed by atoms with E-state index in [-0.39, 0.29) is 0 Å². The molecule has 1 aliphatic heterocycles. The fourth-order valence-electron chi connectivity index (χ4n) is 4.31. The zero-order valence-corrected chi connectivity index (χ0v) is 14.3. The smallest absolute Gasteiger partial charge is 0.0991 e. The SMILES string of the molecule is C[C@H]1CCCN1[C@H]1C[C@@H](c2ccc(-c3ccc(C#N)cc3)cc2)C1. The van der Waals surface area contributed by atoms with E-state index in [1.165, 1.54) is 48.9 Å². The Labute approximate surface area is 144 Å². The van der Waals surface area contributed by atoms with Gasteiger partial charge in [-0.25, -0.2) is 0 Å². The van der Waals surface area contributed by atoms with Gasteiger partial charge in [-0.3, -0.25) is 4.90 Å². The van der Waals surface area contributed by atoms with Crippen molar-refractivity contribution < 1.29 is 0 Å². The quantitative estimate of drug-likeness (QED) is 0.800. The lowest BCUT2D eigenvalue weighted by atomic mass is 9.74. The summed E-state index contributed by atoms with van der Waals surface area (Å²) in [7, 11) is 0. The molecule has 2 fully saturated rings. The van der Waals surface area contributed by atoms with Gasteiger partial charge >= 0.3 is 0 Å². The number of benzene rings is 2. The molecule has 2 aliphatic rings. The minimum absolute atomic E-state index is 0.715. The second-order valence-corrected chi connectivity index (χ2v) is 7.36. The molecule has 24 heavy (non-hydrogen) atoms. The van der Waals surface area contributed by atoms with Gasteiger partial charge in [0.15, 0.2) is 0 Å². The molecule has 4 rings (SSSR count). The van der Waals surface area contributed by atoms with E-state index in [0.29, 0.717) is 5.56 Å². The summed E-state index contributed by atoms with van der Waals surface area (Å²) < 4.78 is 0. The molecule has 1 heterocycles. The highest BCUT2D eigenvalue weighted by atomic mass is 15.2. The summed E-state index contributed by atoms with van der Waals surface area (Å²) in [6.07, 6.45) is 5.39. The Morgan fingerprint density at radius 1 is 0.958 bits per heavy atom. The van der Waals surface area contributed by atoms with E-state index in [4.69, 9.17) is 5.26 Å². The van der Waals surface area contributed by atoms with Gasteiger partial charge in [-0.1, -0.05) is 36.4 Å². The van der Waals surface area contributed by atoms with Crippen molar-refractivity contribution in [3.05, 3.63) is 59.7 Å². The Bertz CT molecular complexity index is 733. The molecule has 2 nitrogen and oxygen atoms in total. The van der Waals surface area contributed by atoms with Crippen LogP contribution < -0.4 is 0 Å². The van der Waals surface area contributed by atoms with E-state index >= 15 is 0 Å². The summed E-state index contributed by atoms with van der Waals surface area (Å²) in [4.78, 5) is 2.72. The molecule has 0 bridgehead atoms. The number of likely N-dealkylation sites (tertiary alicyclic amines) is 1. The van der Waals surface area contributed by atoms with Crippen LogP contribution in [0.4, 0.5) is 0 Å². The summed E-state index contributed by atoms with van der Waals surface area (Å²) >= 11 is 0. The molecule has 1 atom stereocenters. The third-order valence-electron chi connectivity index (χ3n) is 5.92. The summed E-state index contributed by atoms with van der Waals surface area (Å²) in [5.74, 6) is 0.734. The molecular weight excluding hydrogens is 292 g/mol. The molecule has 2 heteroatoms. The molecule has 1 saturated carbocycles. The summed E-state index contributed by atoms with van der Waals surface area (Å²) in [5, 5.41) is 8.89. The highest BCUT2D eigenvalue weighted by Gasteiger charge is 2.37. The summed E-state index contributed by atoms with van der Waals surface area (Å²) in [6.45, 7) is 3.68. The van der Waals surface area contributed by atoms with E-state index in [1.807, 2.05) is 24.3 Å². The highest BCUT2D eigenvalue weighted by molar-refractivity contribution is 5.64. The molecule has 0 aromatic heterocycles. The van der Waals surface area contributed by atoms with Crippen LogP contribution in [-0.4, -0.2) is 23.5 Å². The predicted octanol–water partition coefficient (Wildman–Crippen LogP) is 4.96. The topological polar surface area (TPSA) is 27.0 Å². The van der Waals surface area contributed by atoms with Crippen molar-refractivity contribution in [3.63, 3.8) is 0 Å². The first kappa shape index (κ1) is 15.4. The lowest BCUT2D eigenvalue weighted by molar-refractivity contribution is 0.103. The van der Waals surface area contributed by atoms with Crippen molar-refractivity contribution in [2.24, 2.45) is 0 Å². The van der Waals surface area contributed by atoms with Crippen LogP contribution in [0.3, 0.4) is 0 Å². The van der Waals surface area contributed by atoms with E-state index in [0.717, 1.165) is 18.0 Å². The fourth-order valence-corrected chi connectivity index (χ4v) is 4.31. The van der Waals surface area contributed by atoms with E-state index < -0.39 is 0 Å². The van der Waals surface area contributed by atoms with Gasteiger partial charge in [0.1, 0.15) is 0 Å². The molecule has 2 aromatic carbocycles. The van der Waals surface area contributed by atoms with Crippen LogP contribution in [0.25, 0.3) is 11.1 Å². The molecule has 0 radical (unpaired) electrons. The van der Waals surface area contributed by atoms with Gasteiger partial charge in [-0.2, -0.15) is 5.26 Å². The van der Waals surface area contributed by atoms with Gasteiger partial charge in [-0.05, 0) is 73.9 Å². The molecule has 0 unspecified atom stereocenters. The summed E-state index contributed by atoms with van der Waals surface area (Å²) in [6, 6.07) is 20.6. The van der Waals surface area contributed by atoms with E-state index in [2.05, 4.69) is 42.2 Å². The van der Waals surface area contributed by atoms with Crippen LogP contribution >= 0.6 is 0 Å². The van der Waals surface area contributed by atoms with Crippen molar-refractivity contribution in [3.8, 4) is 17.2 Å². The van der Waals surface area contributed by atoms with Crippen molar-refractivity contribution in [2.45, 2.75) is 50.6 Å². The largest absolute Gasteiger partial charge is 0.298 e. The van der Waals surface area contributed by atoms with Crippen molar-refractivity contribution >= 4 is 0 Å². The Morgan fingerprint density at radius 3 is 2.12 bits per heavy atom. The highest BCUT2D eigenvalue weighted by Crippen LogP contribution is 2.42. The molecular formula is C22H24N2. The molecule has 1 aliphatic carbocycles. The zero-order valence-electron chi connectivity index (χ0n) is 14.3. The first-order chi connectivity index (χ1) is 11.7. The number of rotatable bonds is 3. The Kier molecular flexibility index (Phi) is 4.12. The third kappa shape index (κ3) is 2.85. The van der Waals surface area contributed by atoms with Crippen molar-refractivity contribution in [1.82, 2.24) is 4.90 Å². The minimum atomic E-state index is 0.715. The standard InChI is InChI=1S/C22H24N2/c1-16-3-2-12-24(16)22-13-21(14-22)20-10-8-19(9-11-20)18-6-4-17(15-23)5-7-18/h4-11,16,21-22H,2-3,12-14H2,1H3/t16-,21-,22+/m0/s1. The Morgan fingerprint density at radius 2 is 1.58 bits per heavy atom. The molecule has 0 N–H and O–H groups in total. The Balaban J connectivity index is 1.40. The van der Waals surface area contributed by atoms with E-state index in [9.17, 15) is 0 Å². The van der Waals surface area contributed by atoms with Gasteiger partial charge in [0.25, 0.3) is 0 Å². The minimum Gasteiger partial charge on any atom is -0.298 e. The zero-order chi connectivity index (χ0) is 16.5.